The van der Waals surface area contributed by atoms with Crippen LogP contribution in [0.5, 0.6) is 0 Å². The van der Waals surface area contributed by atoms with Crippen LogP contribution >= 0.6 is 0 Å². The molecule has 0 atom stereocenters. The number of nitriles is 1. The number of rotatable bonds is 5. The highest BCUT2D eigenvalue weighted by molar-refractivity contribution is 6.11. The lowest BCUT2D eigenvalue weighted by molar-refractivity contribution is 1.11. The molecule has 0 saturated carbocycles. The number of fused-ring (bicyclic) bond motifs is 6. The molecule has 5 aromatic carbocycles. The molecule has 0 radical (unpaired) electrons. The molecule has 0 N–H and O–H groups in total. The molecule has 0 aliphatic carbocycles. The molecule has 0 aliphatic rings. The van der Waals surface area contributed by atoms with Gasteiger partial charge in [0.15, 0.2) is 0 Å². The summed E-state index contributed by atoms with van der Waals surface area (Å²) in [5.74, 6) is 0. The molecule has 0 aliphatic heterocycles. The van der Waals surface area contributed by atoms with Crippen molar-refractivity contribution in [1.82, 2.24) is 9.13 Å². The maximum atomic E-state index is 11.1. The Morgan fingerprint density at radius 2 is 1.02 bits per heavy atom. The van der Waals surface area contributed by atoms with E-state index in [0.29, 0.717) is 5.56 Å². The van der Waals surface area contributed by atoms with Crippen LogP contribution in [0.15, 0.2) is 108 Å². The summed E-state index contributed by atoms with van der Waals surface area (Å²) in [6.45, 7) is 16.3. The third-order valence-corrected chi connectivity index (χ3v) is 9.10. The van der Waals surface area contributed by atoms with Gasteiger partial charge in [-0.25, -0.2) is 0 Å². The Labute approximate surface area is 269 Å². The molecule has 46 heavy (non-hydrogen) atoms. The number of aromatic nitrogens is 2. The fourth-order valence-electron chi connectivity index (χ4n) is 6.87. The quantitative estimate of drug-likeness (QED) is 0.144. The minimum Gasteiger partial charge on any atom is -0.308 e. The normalized spacial score (nSPS) is 12.5. The number of nitrogens with zero attached hydrogens (tertiary/aromatic N) is 4. The summed E-state index contributed by atoms with van der Waals surface area (Å²) in [4.78, 5) is 4.18. The van der Waals surface area contributed by atoms with Gasteiger partial charge in [-0.15, -0.1) is 0 Å². The Morgan fingerprint density at radius 1 is 0.652 bits per heavy atom. The fraction of sp³-hybridized carbons (Fsp3) is 0.143. The van der Waals surface area contributed by atoms with Crippen molar-refractivity contribution >= 4 is 55.9 Å². The molecule has 0 amide bonds. The van der Waals surface area contributed by atoms with Gasteiger partial charge in [0.25, 0.3) is 0 Å². The maximum absolute atomic E-state index is 11.1. The average molecular weight is 597 g/mol. The van der Waals surface area contributed by atoms with Crippen LogP contribution in [-0.4, -0.2) is 15.9 Å². The van der Waals surface area contributed by atoms with E-state index in [-0.39, 0.29) is 0 Å². The Bertz CT molecular complexity index is 2240. The van der Waals surface area contributed by atoms with E-state index in [2.05, 4.69) is 152 Å². The van der Waals surface area contributed by atoms with E-state index in [9.17, 15) is 5.26 Å². The van der Waals surface area contributed by atoms with E-state index < -0.39 is 0 Å². The number of benzene rings is 5. The first-order chi connectivity index (χ1) is 22.2. The van der Waals surface area contributed by atoms with E-state index in [1.165, 1.54) is 43.8 Å². The number of hydrogen-bond acceptors (Lipinski definition) is 2. The van der Waals surface area contributed by atoms with Gasteiger partial charge >= 0.3 is 0 Å². The predicted octanol–water partition coefficient (Wildman–Crippen LogP) is 11.0. The van der Waals surface area contributed by atoms with Gasteiger partial charge in [-0.2, -0.15) is 5.26 Å². The molecule has 224 valence electrons. The number of hydrogen-bond donors (Lipinski definition) is 0. The standard InChI is InChI=1S/C42H36N4/c1-8-30(21-29(6)44-7)31-22-41(45-37-13-9-25(2)17-32(37)33-18-26(3)10-14-38(33)45)36(24-43)42(23-31)46-39-15-11-27(4)19-34(39)35-20-28(5)12-16-40(35)46/h8-23H,7H2,1-6H3/b29-21-,30-8+. The molecule has 0 unspecified atom stereocenters. The summed E-state index contributed by atoms with van der Waals surface area (Å²) in [5, 5.41) is 15.8. The third kappa shape index (κ3) is 4.55. The predicted molar refractivity (Wildman–Crippen MR) is 196 cm³/mol. The van der Waals surface area contributed by atoms with Crippen LogP contribution in [0.3, 0.4) is 0 Å². The van der Waals surface area contributed by atoms with E-state index in [0.717, 1.165) is 50.3 Å². The molecule has 2 aromatic heterocycles. The van der Waals surface area contributed by atoms with Gasteiger partial charge in [-0.1, -0.05) is 52.6 Å². The lowest BCUT2D eigenvalue weighted by atomic mass is 9.99. The third-order valence-electron chi connectivity index (χ3n) is 9.10. The van der Waals surface area contributed by atoms with E-state index in [1.54, 1.807) is 0 Å². The van der Waals surface area contributed by atoms with Crippen LogP contribution < -0.4 is 0 Å². The second-order valence-electron chi connectivity index (χ2n) is 12.4. The molecule has 2 heterocycles. The van der Waals surface area contributed by atoms with Crippen molar-refractivity contribution in [2.24, 2.45) is 4.99 Å². The second-order valence-corrected chi connectivity index (χ2v) is 12.4. The van der Waals surface area contributed by atoms with Crippen molar-refractivity contribution in [3.63, 3.8) is 0 Å². The van der Waals surface area contributed by atoms with Crippen LogP contribution in [-0.2, 0) is 0 Å². The van der Waals surface area contributed by atoms with Crippen molar-refractivity contribution < 1.29 is 0 Å². The van der Waals surface area contributed by atoms with Gasteiger partial charge in [0, 0.05) is 27.2 Å². The monoisotopic (exact) mass is 596 g/mol. The number of allylic oxidation sites excluding steroid dienone is 4. The first kappa shape index (κ1) is 29.1. The first-order valence-electron chi connectivity index (χ1n) is 15.7. The highest BCUT2D eigenvalue weighted by Gasteiger charge is 2.23. The largest absolute Gasteiger partial charge is 0.308 e. The van der Waals surface area contributed by atoms with Crippen LogP contribution in [0.2, 0.25) is 0 Å². The van der Waals surface area contributed by atoms with Crippen molar-refractivity contribution in [1.29, 1.82) is 5.26 Å². The lowest BCUT2D eigenvalue weighted by Crippen LogP contribution is -2.06. The highest BCUT2D eigenvalue weighted by Crippen LogP contribution is 2.40. The number of aryl methyl sites for hydroxylation is 4. The summed E-state index contributed by atoms with van der Waals surface area (Å²) in [5.41, 5.74) is 14.2. The average Bonchev–Trinajstić information content (AvgIpc) is 3.53. The fourth-order valence-corrected chi connectivity index (χ4v) is 6.87. The Hall–Kier alpha value is -5.66. The summed E-state index contributed by atoms with van der Waals surface area (Å²) in [6, 6.07) is 33.3. The van der Waals surface area contributed by atoms with Gasteiger partial charge < -0.3 is 9.13 Å². The minimum atomic E-state index is 0.613. The Morgan fingerprint density at radius 3 is 1.33 bits per heavy atom. The van der Waals surface area contributed by atoms with E-state index in [1.807, 2.05) is 13.8 Å². The minimum absolute atomic E-state index is 0.613. The summed E-state index contributed by atoms with van der Waals surface area (Å²) < 4.78 is 4.54. The van der Waals surface area contributed by atoms with Gasteiger partial charge in [0.2, 0.25) is 0 Å². The van der Waals surface area contributed by atoms with Crippen LogP contribution in [0.25, 0.3) is 60.6 Å². The molecule has 7 aromatic rings. The zero-order valence-electron chi connectivity index (χ0n) is 27.2. The SMILES string of the molecule is C=N/C(C)=C\C(=C/C)c1cc(-n2c3ccc(C)cc3c3cc(C)ccc32)c(C#N)c(-n2c3ccc(C)cc3c3cc(C)ccc32)c1. The molecule has 0 saturated heterocycles. The van der Waals surface area contributed by atoms with Crippen molar-refractivity contribution in [2.45, 2.75) is 41.5 Å². The topological polar surface area (TPSA) is 46.0 Å². The maximum Gasteiger partial charge on any atom is 0.104 e. The molecular formula is C42H36N4. The van der Waals surface area contributed by atoms with E-state index in [4.69, 9.17) is 0 Å². The smallest absolute Gasteiger partial charge is 0.104 e. The van der Waals surface area contributed by atoms with Crippen molar-refractivity contribution in [3.05, 3.63) is 136 Å². The van der Waals surface area contributed by atoms with Gasteiger partial charge in [0.1, 0.15) is 11.6 Å². The van der Waals surface area contributed by atoms with Crippen molar-refractivity contribution in [2.75, 3.05) is 0 Å². The zero-order valence-corrected chi connectivity index (χ0v) is 27.2. The van der Waals surface area contributed by atoms with Crippen molar-refractivity contribution in [3.8, 4) is 17.4 Å². The molecule has 4 heteroatoms. The Kier molecular flexibility index (Phi) is 6.98. The van der Waals surface area contributed by atoms with Gasteiger partial charge in [0.05, 0.1) is 33.4 Å². The molecule has 0 spiro atoms. The van der Waals surface area contributed by atoms with Crippen LogP contribution in [0, 0.1) is 39.0 Å². The van der Waals surface area contributed by atoms with Crippen LogP contribution in [0.4, 0.5) is 0 Å². The second kappa shape index (κ2) is 11.1. The molecular weight excluding hydrogens is 560 g/mol. The summed E-state index contributed by atoms with van der Waals surface area (Å²) in [6.07, 6.45) is 4.15. The van der Waals surface area contributed by atoms with Gasteiger partial charge in [-0.05, 0) is 126 Å². The lowest BCUT2D eigenvalue weighted by Gasteiger charge is -2.19. The zero-order chi connectivity index (χ0) is 32.3. The molecule has 0 fully saturated rings. The molecule has 7 rings (SSSR count). The number of aliphatic imine (C=N–C) groups is 1. The summed E-state index contributed by atoms with van der Waals surface area (Å²) in [7, 11) is 0. The summed E-state index contributed by atoms with van der Waals surface area (Å²) >= 11 is 0. The highest BCUT2D eigenvalue weighted by atomic mass is 15.0. The molecule has 4 nitrogen and oxygen atoms in total. The Balaban J connectivity index is 1.69. The van der Waals surface area contributed by atoms with E-state index >= 15 is 0 Å². The first-order valence-corrected chi connectivity index (χ1v) is 15.7. The molecule has 0 bridgehead atoms. The van der Waals surface area contributed by atoms with Crippen LogP contribution in [0.1, 0.15) is 47.2 Å². The van der Waals surface area contributed by atoms with Gasteiger partial charge in [-0.3, -0.25) is 4.99 Å².